The molecule has 370 valence electrons. The van der Waals surface area contributed by atoms with E-state index in [-0.39, 0.29) is 11.8 Å². The Morgan fingerprint density at radius 3 is 0.597 bits per heavy atom. The fraction of sp³-hybridized carbons (Fsp3) is 0.946. The summed E-state index contributed by atoms with van der Waals surface area (Å²) in [5.74, 6) is -0.401. The van der Waals surface area contributed by atoms with Crippen LogP contribution in [-0.2, 0) is 14.4 Å². The molecule has 0 aliphatic carbocycles. The topological polar surface area (TPSA) is 95.5 Å². The van der Waals surface area contributed by atoms with Crippen LogP contribution in [0.3, 0.4) is 0 Å². The molecular weight excluding hydrogens is 765 g/mol. The van der Waals surface area contributed by atoms with Gasteiger partial charge in [-0.3, -0.25) is 14.4 Å². The molecule has 2 amide bonds. The van der Waals surface area contributed by atoms with Crippen molar-refractivity contribution in [3.63, 3.8) is 0 Å². The summed E-state index contributed by atoms with van der Waals surface area (Å²) < 4.78 is 0. The number of nitrogens with one attached hydrogen (secondary N) is 2. The van der Waals surface area contributed by atoms with E-state index in [2.05, 4.69) is 31.4 Å². The van der Waals surface area contributed by atoms with Crippen molar-refractivity contribution in [3.05, 3.63) is 0 Å². The van der Waals surface area contributed by atoms with Crippen molar-refractivity contribution < 1.29 is 19.5 Å². The molecule has 62 heavy (non-hydrogen) atoms. The summed E-state index contributed by atoms with van der Waals surface area (Å²) in [6.45, 7) is 7.92. The Labute approximate surface area is 388 Å². The highest BCUT2D eigenvalue weighted by Gasteiger charge is 2.04. The van der Waals surface area contributed by atoms with Crippen LogP contribution >= 0.6 is 0 Å². The Bertz CT molecular complexity index is 832. The second-order valence-electron chi connectivity index (χ2n) is 19.2. The molecule has 0 saturated heterocycles. The van der Waals surface area contributed by atoms with E-state index in [9.17, 15) is 14.4 Å². The van der Waals surface area contributed by atoms with Crippen molar-refractivity contribution in [1.29, 1.82) is 0 Å². The van der Waals surface area contributed by atoms with E-state index in [1.807, 2.05) is 0 Å². The van der Waals surface area contributed by atoms with E-state index in [4.69, 9.17) is 5.11 Å². The highest BCUT2D eigenvalue weighted by atomic mass is 16.4. The molecule has 0 aliphatic rings. The number of hydrogen-bond acceptors (Lipinski definition) is 3. The predicted octanol–water partition coefficient (Wildman–Crippen LogP) is 18.1. The minimum Gasteiger partial charge on any atom is -0.481 e. The van der Waals surface area contributed by atoms with Gasteiger partial charge in [0, 0.05) is 32.4 Å². The van der Waals surface area contributed by atoms with Gasteiger partial charge in [0.05, 0.1) is 0 Å². The second kappa shape index (κ2) is 57.4. The molecule has 6 heteroatoms. The Hall–Kier alpha value is -1.59. The second-order valence-corrected chi connectivity index (χ2v) is 19.2. The Kier molecular flexibility index (Phi) is 57.9. The third kappa shape index (κ3) is 60.5. The lowest BCUT2D eigenvalue weighted by Gasteiger charge is -2.07. The summed E-state index contributed by atoms with van der Waals surface area (Å²) in [7, 11) is 0. The van der Waals surface area contributed by atoms with Crippen molar-refractivity contribution in [2.24, 2.45) is 0 Å². The number of hydrogen-bond donors (Lipinski definition) is 3. The smallest absolute Gasteiger partial charge is 0.303 e. The summed E-state index contributed by atoms with van der Waals surface area (Å²) in [5.41, 5.74) is 0. The number of unbranched alkanes of at least 4 members (excludes halogenated alkanes) is 42. The lowest BCUT2D eigenvalue weighted by atomic mass is 10.0. The predicted molar refractivity (Wildman–Crippen MR) is 272 cm³/mol. The molecule has 0 saturated carbocycles. The van der Waals surface area contributed by atoms with E-state index in [0.717, 1.165) is 38.5 Å². The zero-order valence-corrected chi connectivity index (χ0v) is 42.5. The summed E-state index contributed by atoms with van der Waals surface area (Å²) in [5, 5.41) is 14.4. The molecule has 0 radical (unpaired) electrons. The fourth-order valence-electron chi connectivity index (χ4n) is 8.54. The van der Waals surface area contributed by atoms with Gasteiger partial charge in [0.25, 0.3) is 0 Å². The van der Waals surface area contributed by atoms with Crippen molar-refractivity contribution in [2.45, 2.75) is 329 Å². The van der Waals surface area contributed by atoms with E-state index < -0.39 is 5.97 Å². The Balaban J connectivity index is 0. The monoisotopic (exact) mass is 877 g/mol. The minimum absolute atomic E-state index is 0.126. The van der Waals surface area contributed by atoms with Gasteiger partial charge in [0.2, 0.25) is 11.8 Å². The van der Waals surface area contributed by atoms with Crippen LogP contribution in [0.4, 0.5) is 0 Å². The molecule has 0 heterocycles. The van der Waals surface area contributed by atoms with Crippen molar-refractivity contribution in [1.82, 2.24) is 10.6 Å². The van der Waals surface area contributed by atoms with Crippen molar-refractivity contribution in [2.75, 3.05) is 13.1 Å². The number of rotatable bonds is 51. The summed E-state index contributed by atoms with van der Waals surface area (Å²) >= 11 is 0. The van der Waals surface area contributed by atoms with Gasteiger partial charge in [-0.25, -0.2) is 0 Å². The van der Waals surface area contributed by atoms with Crippen molar-refractivity contribution in [3.8, 4) is 0 Å². The molecule has 0 unspecified atom stereocenters. The van der Waals surface area contributed by atoms with Crippen LogP contribution in [0.1, 0.15) is 329 Å². The van der Waals surface area contributed by atoms with Crippen LogP contribution in [0, 0.1) is 0 Å². The molecule has 0 bridgehead atoms. The first-order valence-electron chi connectivity index (χ1n) is 28.2. The molecule has 0 aliphatic heterocycles. The average Bonchev–Trinajstić information content (AvgIpc) is 3.26. The summed E-state index contributed by atoms with van der Waals surface area (Å²) in [6, 6.07) is 0. The quantitative estimate of drug-likeness (QED) is 0.0531. The van der Waals surface area contributed by atoms with Crippen LogP contribution in [0.15, 0.2) is 0 Å². The molecule has 0 fully saturated rings. The number of amides is 2. The van der Waals surface area contributed by atoms with Crippen LogP contribution in [0.5, 0.6) is 0 Å². The molecule has 0 aromatic carbocycles. The lowest BCUT2D eigenvalue weighted by molar-refractivity contribution is -0.137. The molecular formula is C56H112N2O4. The van der Waals surface area contributed by atoms with E-state index in [0.29, 0.717) is 32.4 Å². The van der Waals surface area contributed by atoms with Gasteiger partial charge in [-0.1, -0.05) is 290 Å². The maximum absolute atomic E-state index is 12.0. The molecule has 0 rings (SSSR count). The number of carbonyl (C=O) groups is 3. The highest BCUT2D eigenvalue weighted by molar-refractivity contribution is 5.77. The zero-order chi connectivity index (χ0) is 45.5. The lowest BCUT2D eigenvalue weighted by Crippen LogP contribution is -2.34. The molecule has 6 nitrogen and oxygen atoms in total. The number of carboxylic acid groups (broad SMARTS) is 1. The van der Waals surface area contributed by atoms with Crippen LogP contribution in [-0.4, -0.2) is 36.0 Å². The molecule has 3 N–H and O–H groups in total. The van der Waals surface area contributed by atoms with Gasteiger partial charge in [0.15, 0.2) is 0 Å². The number of carboxylic acids is 1. The Morgan fingerprint density at radius 1 is 0.258 bits per heavy atom. The van der Waals surface area contributed by atoms with E-state index in [1.165, 1.54) is 250 Å². The summed E-state index contributed by atoms with van der Waals surface area (Å²) in [4.78, 5) is 34.4. The standard InChI is InChI=1S/C38H76N2O2.C18H36O2/c1-3-5-7-9-11-13-15-17-19-21-23-25-27-29-31-33-37(41)39-35-36-40-38(42)34-32-30-28-26-24-22-20-18-16-14-12-10-8-6-4-2;1-2-3-4-5-6-7-8-9-10-11-12-13-14-15-16-17-18(19)20/h3-36H2,1-2H3,(H,39,41)(H,40,42);2-17H2,1H3,(H,19,20). The first-order valence-corrected chi connectivity index (χ1v) is 28.2. The van der Waals surface area contributed by atoms with Crippen LogP contribution in [0.2, 0.25) is 0 Å². The van der Waals surface area contributed by atoms with E-state index in [1.54, 1.807) is 0 Å². The first kappa shape index (κ1) is 62.5. The molecule has 0 spiro atoms. The largest absolute Gasteiger partial charge is 0.481 e. The molecule has 0 aromatic rings. The van der Waals surface area contributed by atoms with Crippen LogP contribution in [0.25, 0.3) is 0 Å². The maximum Gasteiger partial charge on any atom is 0.303 e. The Morgan fingerprint density at radius 2 is 0.419 bits per heavy atom. The highest BCUT2D eigenvalue weighted by Crippen LogP contribution is 2.16. The van der Waals surface area contributed by atoms with Gasteiger partial charge in [-0.2, -0.15) is 0 Å². The van der Waals surface area contributed by atoms with Gasteiger partial charge in [-0.15, -0.1) is 0 Å². The third-order valence-corrected chi connectivity index (χ3v) is 12.8. The molecule has 0 atom stereocenters. The van der Waals surface area contributed by atoms with Gasteiger partial charge < -0.3 is 15.7 Å². The normalized spacial score (nSPS) is 11.1. The van der Waals surface area contributed by atoms with Crippen molar-refractivity contribution >= 4 is 17.8 Å². The minimum atomic E-state index is -0.653. The first-order chi connectivity index (χ1) is 30.5. The summed E-state index contributed by atoms with van der Waals surface area (Å²) in [6.07, 6.45) is 61.7. The van der Waals surface area contributed by atoms with Gasteiger partial charge in [-0.05, 0) is 19.3 Å². The average molecular weight is 878 g/mol. The molecule has 0 aromatic heterocycles. The fourth-order valence-corrected chi connectivity index (χ4v) is 8.54. The number of carbonyl (C=O) groups excluding carboxylic acids is 2. The van der Waals surface area contributed by atoms with Gasteiger partial charge in [0.1, 0.15) is 0 Å². The SMILES string of the molecule is CCCCCCCCCCCCCCCCCC(=O)NCCNC(=O)CCCCCCCCCCCCCCCCC.CCCCCCCCCCCCCCCCCC(=O)O. The third-order valence-electron chi connectivity index (χ3n) is 12.8. The zero-order valence-electron chi connectivity index (χ0n) is 42.5. The van der Waals surface area contributed by atoms with Gasteiger partial charge >= 0.3 is 5.97 Å². The number of aliphatic carboxylic acids is 1. The van der Waals surface area contributed by atoms with Crippen LogP contribution < -0.4 is 10.6 Å². The maximum atomic E-state index is 12.0. The van der Waals surface area contributed by atoms with E-state index >= 15 is 0 Å².